The van der Waals surface area contributed by atoms with Gasteiger partial charge in [0.15, 0.2) is 5.88 Å². The first-order chi connectivity index (χ1) is 21.2. The Hall–Kier alpha value is -3.68. The minimum atomic E-state index is -3.47. The van der Waals surface area contributed by atoms with E-state index < -0.39 is 10.0 Å². The molecule has 8 rings (SSSR count). The Kier molecular flexibility index (Phi) is 6.44. The second-order valence-electron chi connectivity index (χ2n) is 12.7. The quantitative estimate of drug-likeness (QED) is 0.336. The molecule has 4 aliphatic rings. The number of nitrogens with two attached hydrogens (primary N) is 1. The third-order valence-electron chi connectivity index (χ3n) is 9.92. The fourth-order valence-electron chi connectivity index (χ4n) is 7.50. The first kappa shape index (κ1) is 27.8. The van der Waals surface area contributed by atoms with E-state index >= 15 is 0 Å². The normalized spacial score (nSPS) is 24.8. The lowest BCUT2D eigenvalue weighted by Gasteiger charge is -2.23. The minimum absolute atomic E-state index is 0.0216. The molecule has 44 heavy (non-hydrogen) atoms. The predicted molar refractivity (Wildman–Crippen MR) is 168 cm³/mol. The molecule has 0 spiro atoms. The van der Waals surface area contributed by atoms with Crippen molar-refractivity contribution in [2.45, 2.75) is 63.7 Å². The molecule has 0 aromatic carbocycles. The first-order valence-corrected chi connectivity index (χ1v) is 17.2. The van der Waals surface area contributed by atoms with Gasteiger partial charge in [-0.2, -0.15) is 0 Å². The van der Waals surface area contributed by atoms with Crippen molar-refractivity contribution in [3.63, 3.8) is 0 Å². The number of ether oxygens (including phenoxy) is 1. The molecule has 0 radical (unpaired) electrons. The molecule has 1 amide bonds. The fourth-order valence-corrected chi connectivity index (χ4v) is 8.88. The molecule has 3 saturated heterocycles. The molecule has 12 nitrogen and oxygen atoms in total. The van der Waals surface area contributed by atoms with Crippen LogP contribution in [0.3, 0.4) is 0 Å². The summed E-state index contributed by atoms with van der Waals surface area (Å²) < 4.78 is 37.5. The van der Waals surface area contributed by atoms with Gasteiger partial charge in [-0.1, -0.05) is 0 Å². The number of rotatable bonds is 6. The van der Waals surface area contributed by atoms with Gasteiger partial charge in [0.2, 0.25) is 10.0 Å². The number of methoxy groups -OCH3 is 1. The monoisotopic (exact) mass is 618 g/mol. The van der Waals surface area contributed by atoms with Crippen molar-refractivity contribution in [1.82, 2.24) is 29.2 Å². The smallest absolute Gasteiger partial charge is 0.254 e. The Labute approximate surface area is 256 Å². The van der Waals surface area contributed by atoms with E-state index in [1.807, 2.05) is 28.4 Å². The van der Waals surface area contributed by atoms with Crippen molar-refractivity contribution >= 4 is 38.4 Å². The molecular weight excluding hydrogens is 580 g/mol. The van der Waals surface area contributed by atoms with Crippen molar-refractivity contribution < 1.29 is 17.9 Å². The van der Waals surface area contributed by atoms with E-state index in [-0.39, 0.29) is 29.8 Å². The van der Waals surface area contributed by atoms with Crippen LogP contribution in [-0.2, 0) is 16.6 Å². The van der Waals surface area contributed by atoms with E-state index in [0.29, 0.717) is 48.5 Å². The lowest BCUT2D eigenvalue weighted by molar-refractivity contribution is 0.0726. The molecule has 232 valence electrons. The van der Waals surface area contributed by atoms with Crippen LogP contribution in [0.1, 0.15) is 48.2 Å². The molecule has 7 heterocycles. The summed E-state index contributed by atoms with van der Waals surface area (Å²) in [7, 11) is -1.86. The molecule has 3 atom stereocenters. The van der Waals surface area contributed by atoms with Gasteiger partial charge in [-0.3, -0.25) is 13.5 Å². The number of carbonyl (C=O) groups excluding carboxylic acids is 1. The summed E-state index contributed by atoms with van der Waals surface area (Å²) in [5.74, 6) is 1.55. The summed E-state index contributed by atoms with van der Waals surface area (Å²) in [6.07, 6.45) is 5.10. The largest absolute Gasteiger partial charge is 0.482 e. The molecular formula is C31H38N8O4S. The van der Waals surface area contributed by atoms with Gasteiger partial charge in [0.1, 0.15) is 22.8 Å². The number of aromatic nitrogens is 4. The van der Waals surface area contributed by atoms with Gasteiger partial charge in [-0.25, -0.2) is 18.4 Å². The number of imidazole rings is 1. The Bertz CT molecular complexity index is 1910. The van der Waals surface area contributed by atoms with Crippen LogP contribution in [0.25, 0.3) is 28.1 Å². The summed E-state index contributed by atoms with van der Waals surface area (Å²) >= 11 is 0. The van der Waals surface area contributed by atoms with Crippen molar-refractivity contribution in [3.8, 4) is 17.3 Å². The van der Waals surface area contributed by atoms with Crippen LogP contribution < -0.4 is 20.1 Å². The highest BCUT2D eigenvalue weighted by molar-refractivity contribution is 7.92. The molecule has 13 heteroatoms. The molecule has 1 aliphatic carbocycles. The van der Waals surface area contributed by atoms with Gasteiger partial charge >= 0.3 is 0 Å². The lowest BCUT2D eigenvalue weighted by atomic mass is 9.97. The maximum Gasteiger partial charge on any atom is 0.254 e. The molecule has 3 N–H and O–H groups in total. The van der Waals surface area contributed by atoms with E-state index in [9.17, 15) is 13.2 Å². The van der Waals surface area contributed by atoms with E-state index in [0.717, 1.165) is 66.8 Å². The highest BCUT2D eigenvalue weighted by Gasteiger charge is 2.47. The number of pyridine rings is 2. The zero-order chi connectivity index (χ0) is 30.3. The number of hydrogen-bond acceptors (Lipinski definition) is 8. The standard InChI is InChI=1S/C31H38N8O4S/c1-18-29(34-27-14-21(15-28(43-2)38(18)27)31(40)39-22-6-7-24(39)23(32)16-22)25-13-20-5-8-26(35-30(20)36(25)17-19-3-4-19)37-11-9-33-10-12-44(37,41)42/h5,8,13-15,19,22-24,33H,3-4,6-7,9-12,16-17,32H2,1-2H3/t22-,23+,24+/m0/s1. The van der Waals surface area contributed by atoms with Crippen molar-refractivity contribution in [3.05, 3.63) is 41.6 Å². The number of nitrogens with one attached hydrogen (secondary N) is 1. The summed E-state index contributed by atoms with van der Waals surface area (Å²) in [4.78, 5) is 25.8. The molecule has 4 fully saturated rings. The highest BCUT2D eigenvalue weighted by Crippen LogP contribution is 2.40. The number of sulfonamides is 1. The molecule has 4 aromatic rings. The second-order valence-corrected chi connectivity index (χ2v) is 14.8. The van der Waals surface area contributed by atoms with Gasteiger partial charge < -0.3 is 25.3 Å². The van der Waals surface area contributed by atoms with Gasteiger partial charge in [0, 0.05) is 61.3 Å². The molecule has 1 saturated carbocycles. The zero-order valence-electron chi connectivity index (χ0n) is 25.1. The average Bonchev–Trinajstić information content (AvgIpc) is 3.42. The van der Waals surface area contributed by atoms with Gasteiger partial charge in [-0.15, -0.1) is 0 Å². The van der Waals surface area contributed by atoms with E-state index in [1.165, 1.54) is 4.31 Å². The fraction of sp³-hybridized carbons (Fsp3) is 0.516. The Morgan fingerprint density at radius 1 is 1.11 bits per heavy atom. The predicted octanol–water partition coefficient (Wildman–Crippen LogP) is 2.52. The Morgan fingerprint density at radius 2 is 1.95 bits per heavy atom. The SMILES string of the molecule is COc1cc(C(=O)N2[C@H]3CC[C@@H]2[C@H](N)C3)cc2nc(-c3cc4ccc(N5CCNCCS5(=O)=O)nc4n3CC3CC3)c(C)n12. The lowest BCUT2D eigenvalue weighted by Crippen LogP contribution is -2.40. The van der Waals surface area contributed by atoms with Crippen molar-refractivity contribution in [2.75, 3.05) is 36.8 Å². The van der Waals surface area contributed by atoms with E-state index in [2.05, 4.69) is 16.0 Å². The summed E-state index contributed by atoms with van der Waals surface area (Å²) in [5, 5.41) is 4.10. The van der Waals surface area contributed by atoms with Gasteiger partial charge in [-0.05, 0) is 69.2 Å². The van der Waals surface area contributed by atoms with Crippen LogP contribution >= 0.6 is 0 Å². The number of aryl methyl sites for hydroxylation is 1. The number of amides is 1. The average molecular weight is 619 g/mol. The molecule has 4 aromatic heterocycles. The van der Waals surface area contributed by atoms with Crippen LogP contribution in [-0.4, -0.2) is 88.8 Å². The zero-order valence-corrected chi connectivity index (χ0v) is 25.9. The topological polar surface area (TPSA) is 140 Å². The number of hydrogen-bond donors (Lipinski definition) is 2. The van der Waals surface area contributed by atoms with Gasteiger partial charge in [0.25, 0.3) is 5.91 Å². The maximum atomic E-state index is 13.8. The number of anilines is 1. The third-order valence-corrected chi connectivity index (χ3v) is 11.7. The first-order valence-electron chi connectivity index (χ1n) is 15.6. The van der Waals surface area contributed by atoms with Crippen LogP contribution in [0, 0.1) is 12.8 Å². The Balaban J connectivity index is 1.24. The number of nitrogens with zero attached hydrogens (tertiary/aromatic N) is 6. The molecule has 3 aliphatic heterocycles. The summed E-state index contributed by atoms with van der Waals surface area (Å²) in [5.41, 5.74) is 10.9. The van der Waals surface area contributed by atoms with Gasteiger partial charge in [0.05, 0.1) is 24.3 Å². The van der Waals surface area contributed by atoms with Crippen molar-refractivity contribution in [2.24, 2.45) is 11.7 Å². The second kappa shape index (κ2) is 10.2. The van der Waals surface area contributed by atoms with Crippen molar-refractivity contribution in [1.29, 1.82) is 0 Å². The van der Waals surface area contributed by atoms with Crippen LogP contribution in [0.5, 0.6) is 5.88 Å². The van der Waals surface area contributed by atoms with Crippen LogP contribution in [0.2, 0.25) is 0 Å². The molecule has 0 unspecified atom stereocenters. The minimum Gasteiger partial charge on any atom is -0.482 e. The third kappa shape index (κ3) is 4.39. The van der Waals surface area contributed by atoms with E-state index in [1.54, 1.807) is 19.2 Å². The number of carbonyl (C=O) groups is 1. The van der Waals surface area contributed by atoms with E-state index in [4.69, 9.17) is 20.4 Å². The number of fused-ring (bicyclic) bond motifs is 4. The summed E-state index contributed by atoms with van der Waals surface area (Å²) in [6, 6.07) is 9.81. The molecule has 2 bridgehead atoms. The maximum absolute atomic E-state index is 13.8. The van der Waals surface area contributed by atoms with Crippen LogP contribution in [0.4, 0.5) is 5.82 Å². The van der Waals surface area contributed by atoms with Crippen LogP contribution in [0.15, 0.2) is 30.3 Å². The Morgan fingerprint density at radius 3 is 2.68 bits per heavy atom. The summed E-state index contributed by atoms with van der Waals surface area (Å²) in [6.45, 7) is 4.13. The highest BCUT2D eigenvalue weighted by atomic mass is 32.2.